The summed E-state index contributed by atoms with van der Waals surface area (Å²) in [4.78, 5) is 12.7. The van der Waals surface area contributed by atoms with Gasteiger partial charge in [0.1, 0.15) is 5.82 Å². The van der Waals surface area contributed by atoms with E-state index in [-0.39, 0.29) is 10.8 Å². The van der Waals surface area contributed by atoms with Crippen LogP contribution in [0.4, 0.5) is 5.69 Å². The number of nitrogens with one attached hydrogen (secondary N) is 1. The summed E-state index contributed by atoms with van der Waals surface area (Å²) in [7, 11) is -3.29. The van der Waals surface area contributed by atoms with E-state index in [2.05, 4.69) is 20.1 Å². The Labute approximate surface area is 169 Å². The number of hydrogen-bond donors (Lipinski definition) is 1. The topological polar surface area (TPSA) is 93.9 Å². The zero-order chi connectivity index (χ0) is 20.4. The van der Waals surface area contributed by atoms with Gasteiger partial charge < -0.3 is 9.88 Å². The van der Waals surface area contributed by atoms with Gasteiger partial charge in [0.05, 0.1) is 4.90 Å². The quantitative estimate of drug-likeness (QED) is 0.712. The predicted octanol–water partition coefficient (Wildman–Crippen LogP) is 3.33. The largest absolute Gasteiger partial charge is 0.322 e. The highest BCUT2D eigenvalue weighted by Crippen LogP contribution is 2.25. The zero-order valence-corrected chi connectivity index (χ0v) is 16.9. The molecular weight excluding hydrogens is 388 g/mol. The molecule has 0 aliphatic carbocycles. The molecular formula is C21H22N4O3S. The van der Waals surface area contributed by atoms with Crippen LogP contribution in [0.25, 0.3) is 11.4 Å². The summed E-state index contributed by atoms with van der Waals surface area (Å²) in [5.41, 5.74) is 1.93. The molecule has 0 radical (unpaired) electrons. The predicted molar refractivity (Wildman–Crippen MR) is 111 cm³/mol. The Hall–Kier alpha value is -3.00. The average molecular weight is 410 g/mol. The number of hydrogen-bond acceptors (Lipinski definition) is 5. The molecule has 4 rings (SSSR count). The highest BCUT2D eigenvalue weighted by molar-refractivity contribution is 7.90. The Morgan fingerprint density at radius 1 is 1.03 bits per heavy atom. The first-order valence-corrected chi connectivity index (χ1v) is 11.4. The maximum Gasteiger partial charge on any atom is 0.255 e. The van der Waals surface area contributed by atoms with E-state index in [1.54, 1.807) is 0 Å². The van der Waals surface area contributed by atoms with E-state index in [1.807, 2.05) is 24.3 Å². The minimum Gasteiger partial charge on any atom is -0.322 e. The van der Waals surface area contributed by atoms with Gasteiger partial charge in [-0.1, -0.05) is 18.6 Å². The minimum absolute atomic E-state index is 0.184. The van der Waals surface area contributed by atoms with E-state index in [9.17, 15) is 13.2 Å². The van der Waals surface area contributed by atoms with Crippen molar-refractivity contribution in [2.75, 3.05) is 11.6 Å². The molecule has 0 atom stereocenters. The first-order chi connectivity index (χ1) is 13.9. The Balaban J connectivity index is 1.55. The summed E-state index contributed by atoms with van der Waals surface area (Å²) in [5.74, 6) is 1.52. The van der Waals surface area contributed by atoms with Crippen molar-refractivity contribution < 1.29 is 13.2 Å². The molecule has 1 aliphatic rings. The third-order valence-electron chi connectivity index (χ3n) is 5.03. The summed E-state index contributed by atoms with van der Waals surface area (Å²) in [6, 6.07) is 13.4. The van der Waals surface area contributed by atoms with Crippen molar-refractivity contribution in [2.45, 2.75) is 37.1 Å². The number of fused-ring (bicyclic) bond motifs is 1. The van der Waals surface area contributed by atoms with Gasteiger partial charge in [0.2, 0.25) is 0 Å². The van der Waals surface area contributed by atoms with Crippen molar-refractivity contribution in [2.24, 2.45) is 0 Å². The molecule has 0 spiro atoms. The van der Waals surface area contributed by atoms with E-state index in [1.165, 1.54) is 30.7 Å². The van der Waals surface area contributed by atoms with E-state index in [0.29, 0.717) is 11.3 Å². The fourth-order valence-corrected chi connectivity index (χ4v) is 4.12. The van der Waals surface area contributed by atoms with Gasteiger partial charge in [-0.05, 0) is 49.2 Å². The molecule has 0 bridgehead atoms. The zero-order valence-electron chi connectivity index (χ0n) is 16.1. The summed E-state index contributed by atoms with van der Waals surface area (Å²) < 4.78 is 25.3. The lowest BCUT2D eigenvalue weighted by atomic mass is 10.1. The number of anilines is 1. The number of carbonyl (C=O) groups excluding carboxylic acids is 1. The van der Waals surface area contributed by atoms with Gasteiger partial charge in [0, 0.05) is 36.0 Å². The number of rotatable bonds is 4. The molecule has 1 aliphatic heterocycles. The molecule has 0 saturated heterocycles. The average Bonchev–Trinajstić information content (AvgIpc) is 2.96. The second-order valence-electron chi connectivity index (χ2n) is 7.23. The molecule has 7 nitrogen and oxygen atoms in total. The third-order valence-corrected chi connectivity index (χ3v) is 6.16. The van der Waals surface area contributed by atoms with Crippen LogP contribution in [0.5, 0.6) is 0 Å². The maximum absolute atomic E-state index is 12.6. The van der Waals surface area contributed by atoms with Gasteiger partial charge in [0.15, 0.2) is 15.7 Å². The van der Waals surface area contributed by atoms with Crippen LogP contribution in [0.15, 0.2) is 53.4 Å². The van der Waals surface area contributed by atoms with Crippen molar-refractivity contribution in [3.8, 4) is 11.4 Å². The van der Waals surface area contributed by atoms with Gasteiger partial charge in [-0.3, -0.25) is 4.79 Å². The molecule has 150 valence electrons. The molecule has 0 saturated carbocycles. The SMILES string of the molecule is CS(=O)(=O)c1ccc(C(=O)Nc2cccc(-c3nnc4n3CCCCC4)c2)cc1. The molecule has 1 amide bonds. The maximum atomic E-state index is 12.6. The van der Waals surface area contributed by atoms with Gasteiger partial charge in [-0.15, -0.1) is 10.2 Å². The fraction of sp³-hybridized carbons (Fsp3) is 0.286. The Bertz CT molecular complexity index is 1150. The number of aromatic nitrogens is 3. The Morgan fingerprint density at radius 3 is 2.59 bits per heavy atom. The van der Waals surface area contributed by atoms with E-state index < -0.39 is 9.84 Å². The van der Waals surface area contributed by atoms with Crippen molar-refractivity contribution in [3.63, 3.8) is 0 Å². The summed E-state index contributed by atoms with van der Waals surface area (Å²) in [6.07, 6.45) is 5.51. The van der Waals surface area contributed by atoms with Crippen LogP contribution >= 0.6 is 0 Å². The summed E-state index contributed by atoms with van der Waals surface area (Å²) in [6.45, 7) is 0.904. The van der Waals surface area contributed by atoms with E-state index in [4.69, 9.17) is 0 Å². The number of sulfone groups is 1. The highest BCUT2D eigenvalue weighted by Gasteiger charge is 2.17. The number of carbonyl (C=O) groups is 1. The molecule has 2 aromatic carbocycles. The summed E-state index contributed by atoms with van der Waals surface area (Å²) >= 11 is 0. The number of aryl methyl sites for hydroxylation is 1. The van der Waals surface area contributed by atoms with Crippen LogP contribution in [0.3, 0.4) is 0 Å². The Morgan fingerprint density at radius 2 is 1.83 bits per heavy atom. The van der Waals surface area contributed by atoms with Crippen molar-refractivity contribution in [1.29, 1.82) is 0 Å². The first-order valence-electron chi connectivity index (χ1n) is 9.56. The van der Waals surface area contributed by atoms with Crippen molar-refractivity contribution in [1.82, 2.24) is 14.8 Å². The molecule has 3 aromatic rings. The first kappa shape index (κ1) is 19.3. The van der Waals surface area contributed by atoms with Crippen LogP contribution in [0.1, 0.15) is 35.4 Å². The van der Waals surface area contributed by atoms with Crippen LogP contribution in [-0.2, 0) is 22.8 Å². The van der Waals surface area contributed by atoms with Gasteiger partial charge in [-0.25, -0.2) is 8.42 Å². The number of amides is 1. The summed E-state index contributed by atoms with van der Waals surface area (Å²) in [5, 5.41) is 11.6. The van der Waals surface area contributed by atoms with E-state index >= 15 is 0 Å². The van der Waals surface area contributed by atoms with Gasteiger partial charge >= 0.3 is 0 Å². The normalized spacial score (nSPS) is 14.1. The second kappa shape index (κ2) is 7.79. The lowest BCUT2D eigenvalue weighted by Gasteiger charge is -2.10. The van der Waals surface area contributed by atoms with Gasteiger partial charge in [0.25, 0.3) is 5.91 Å². The molecule has 1 aromatic heterocycles. The minimum atomic E-state index is -3.29. The lowest BCUT2D eigenvalue weighted by molar-refractivity contribution is 0.102. The molecule has 8 heteroatoms. The molecule has 0 unspecified atom stereocenters. The molecule has 0 fully saturated rings. The van der Waals surface area contributed by atoms with Crippen molar-refractivity contribution in [3.05, 3.63) is 59.9 Å². The van der Waals surface area contributed by atoms with E-state index in [0.717, 1.165) is 49.3 Å². The third kappa shape index (κ3) is 4.22. The van der Waals surface area contributed by atoms with Crippen molar-refractivity contribution >= 4 is 21.4 Å². The Kier molecular flexibility index (Phi) is 5.19. The van der Waals surface area contributed by atoms with Gasteiger partial charge in [-0.2, -0.15) is 0 Å². The number of nitrogens with zero attached hydrogens (tertiary/aromatic N) is 3. The lowest BCUT2D eigenvalue weighted by Crippen LogP contribution is -2.12. The molecule has 1 N–H and O–H groups in total. The van der Waals surface area contributed by atoms with Crippen LogP contribution < -0.4 is 5.32 Å². The van der Waals surface area contributed by atoms with Crippen LogP contribution in [-0.4, -0.2) is 35.3 Å². The number of benzene rings is 2. The molecule has 2 heterocycles. The smallest absolute Gasteiger partial charge is 0.255 e. The fourth-order valence-electron chi connectivity index (χ4n) is 3.49. The van der Waals surface area contributed by atoms with Crippen LogP contribution in [0, 0.1) is 0 Å². The second-order valence-corrected chi connectivity index (χ2v) is 9.25. The highest BCUT2D eigenvalue weighted by atomic mass is 32.2. The monoisotopic (exact) mass is 410 g/mol. The molecule has 29 heavy (non-hydrogen) atoms. The standard InChI is InChI=1S/C21H22N4O3S/c1-29(27,28)18-11-9-15(10-12-18)21(26)22-17-7-5-6-16(14-17)20-24-23-19-8-3-2-4-13-25(19)20/h5-7,9-12,14H,2-4,8,13H2,1H3,(H,22,26). The van der Waals surface area contributed by atoms with Crippen LogP contribution in [0.2, 0.25) is 0 Å².